The van der Waals surface area contributed by atoms with Gasteiger partial charge in [0.1, 0.15) is 5.75 Å². The maximum absolute atomic E-state index is 12.6. The monoisotopic (exact) mass is 523 g/mol. The van der Waals surface area contributed by atoms with Gasteiger partial charge in [-0.15, -0.1) is 16.8 Å². The third-order valence-electron chi connectivity index (χ3n) is 5.27. The summed E-state index contributed by atoms with van der Waals surface area (Å²) in [5.74, 6) is 0.530. The fourth-order valence-electron chi connectivity index (χ4n) is 3.45. The zero-order valence-electron chi connectivity index (χ0n) is 20.9. The van der Waals surface area contributed by atoms with Crippen LogP contribution in [0.2, 0.25) is 0 Å². The van der Waals surface area contributed by atoms with E-state index in [2.05, 4.69) is 32.1 Å². The van der Waals surface area contributed by atoms with Gasteiger partial charge in [0.25, 0.3) is 0 Å². The SMILES string of the molecule is C=CCn1c(SCC(=O)Nc2ccc(C(=O)OC)cc2)nnc1[C@@H](C)NC(=O)Cc1ccc(OC)cc1. The highest BCUT2D eigenvalue weighted by Gasteiger charge is 2.20. The number of esters is 1. The van der Waals surface area contributed by atoms with Gasteiger partial charge in [0.2, 0.25) is 11.8 Å². The lowest BCUT2D eigenvalue weighted by Crippen LogP contribution is -2.30. The molecule has 0 aliphatic rings. The van der Waals surface area contributed by atoms with Crippen LogP contribution in [0.15, 0.2) is 66.3 Å². The average molecular weight is 524 g/mol. The van der Waals surface area contributed by atoms with Crippen LogP contribution in [0.4, 0.5) is 5.69 Å². The maximum atomic E-state index is 12.6. The predicted octanol–water partition coefficient (Wildman–Crippen LogP) is 3.41. The first-order valence-electron chi connectivity index (χ1n) is 11.4. The Hall–Kier alpha value is -4.12. The zero-order chi connectivity index (χ0) is 26.8. The van der Waals surface area contributed by atoms with Gasteiger partial charge >= 0.3 is 5.97 Å². The van der Waals surface area contributed by atoms with Crippen LogP contribution in [0.25, 0.3) is 0 Å². The minimum Gasteiger partial charge on any atom is -0.497 e. The van der Waals surface area contributed by atoms with Crippen LogP contribution in [-0.2, 0) is 27.3 Å². The Labute approximate surface area is 219 Å². The molecule has 194 valence electrons. The molecule has 0 aliphatic heterocycles. The highest BCUT2D eigenvalue weighted by atomic mass is 32.2. The van der Waals surface area contributed by atoms with Gasteiger partial charge in [0.05, 0.1) is 38.0 Å². The zero-order valence-corrected chi connectivity index (χ0v) is 21.7. The third-order valence-corrected chi connectivity index (χ3v) is 6.23. The largest absolute Gasteiger partial charge is 0.497 e. The summed E-state index contributed by atoms with van der Waals surface area (Å²) in [7, 11) is 2.90. The van der Waals surface area contributed by atoms with Crippen LogP contribution in [0.5, 0.6) is 5.75 Å². The van der Waals surface area contributed by atoms with E-state index in [1.165, 1.54) is 18.9 Å². The van der Waals surface area contributed by atoms with Crippen LogP contribution in [-0.4, -0.2) is 52.5 Å². The number of ether oxygens (including phenoxy) is 2. The number of carbonyl (C=O) groups is 3. The van der Waals surface area contributed by atoms with Gasteiger partial charge in [-0.05, 0) is 48.9 Å². The first kappa shape index (κ1) is 27.5. The molecule has 11 heteroatoms. The number of thioether (sulfide) groups is 1. The Morgan fingerprint density at radius 2 is 1.76 bits per heavy atom. The van der Waals surface area contributed by atoms with Gasteiger partial charge in [-0.3, -0.25) is 9.59 Å². The van der Waals surface area contributed by atoms with E-state index < -0.39 is 12.0 Å². The van der Waals surface area contributed by atoms with E-state index in [-0.39, 0.29) is 24.0 Å². The lowest BCUT2D eigenvalue weighted by molar-refractivity contribution is -0.121. The number of methoxy groups -OCH3 is 2. The number of hydrogen-bond donors (Lipinski definition) is 2. The molecule has 1 atom stereocenters. The first-order chi connectivity index (χ1) is 17.8. The molecular weight excluding hydrogens is 494 g/mol. The molecule has 0 fully saturated rings. The van der Waals surface area contributed by atoms with Crippen molar-refractivity contribution in [3.05, 3.63) is 78.1 Å². The Kier molecular flexibility index (Phi) is 9.84. The van der Waals surface area contributed by atoms with E-state index in [0.29, 0.717) is 28.8 Å². The van der Waals surface area contributed by atoms with Crippen molar-refractivity contribution in [2.45, 2.75) is 31.1 Å². The summed E-state index contributed by atoms with van der Waals surface area (Å²) >= 11 is 1.22. The molecule has 0 radical (unpaired) electrons. The maximum Gasteiger partial charge on any atom is 0.337 e. The number of hydrogen-bond acceptors (Lipinski definition) is 8. The second-order valence-corrected chi connectivity index (χ2v) is 8.90. The van der Waals surface area contributed by atoms with Crippen molar-refractivity contribution in [1.82, 2.24) is 20.1 Å². The number of nitrogens with zero attached hydrogens (tertiary/aromatic N) is 3. The summed E-state index contributed by atoms with van der Waals surface area (Å²) in [6.45, 7) is 6.03. The molecule has 0 unspecified atom stereocenters. The van der Waals surface area contributed by atoms with Crippen molar-refractivity contribution in [3.63, 3.8) is 0 Å². The lowest BCUT2D eigenvalue weighted by Gasteiger charge is -2.15. The van der Waals surface area contributed by atoms with Crippen LogP contribution in [0, 0.1) is 0 Å². The summed E-state index contributed by atoms with van der Waals surface area (Å²) < 4.78 is 11.6. The normalized spacial score (nSPS) is 11.3. The highest BCUT2D eigenvalue weighted by molar-refractivity contribution is 7.99. The van der Waals surface area contributed by atoms with E-state index >= 15 is 0 Å². The molecule has 2 N–H and O–H groups in total. The number of nitrogens with one attached hydrogen (secondary N) is 2. The van der Waals surface area contributed by atoms with E-state index in [9.17, 15) is 14.4 Å². The second-order valence-electron chi connectivity index (χ2n) is 7.96. The fraction of sp³-hybridized carbons (Fsp3) is 0.269. The summed E-state index contributed by atoms with van der Waals surface area (Å²) in [6, 6.07) is 13.3. The molecule has 0 saturated heterocycles. The standard InChI is InChI=1S/C26H29N5O5S/c1-5-14-31-24(17(2)27-22(32)15-18-6-12-21(35-3)13-7-18)29-30-26(31)37-16-23(33)28-20-10-8-19(9-11-20)25(34)36-4/h5-13,17H,1,14-16H2,2-4H3,(H,27,32)(H,28,33)/t17-/m1/s1. The van der Waals surface area contributed by atoms with E-state index in [0.717, 1.165) is 11.3 Å². The van der Waals surface area contributed by atoms with Gasteiger partial charge in [0, 0.05) is 12.2 Å². The number of anilines is 1. The molecule has 2 aromatic carbocycles. The van der Waals surface area contributed by atoms with Gasteiger partial charge in [-0.1, -0.05) is 30.0 Å². The van der Waals surface area contributed by atoms with Crippen molar-refractivity contribution in [2.24, 2.45) is 0 Å². The highest BCUT2D eigenvalue weighted by Crippen LogP contribution is 2.22. The molecule has 0 bridgehead atoms. The second kappa shape index (κ2) is 13.3. The minimum atomic E-state index is -0.447. The van der Waals surface area contributed by atoms with Crippen molar-refractivity contribution in [3.8, 4) is 5.75 Å². The van der Waals surface area contributed by atoms with Crippen LogP contribution in [0.1, 0.15) is 34.7 Å². The Morgan fingerprint density at radius 1 is 1.05 bits per heavy atom. The molecule has 37 heavy (non-hydrogen) atoms. The first-order valence-corrected chi connectivity index (χ1v) is 12.4. The molecule has 3 aromatic rings. The van der Waals surface area contributed by atoms with Crippen LogP contribution >= 0.6 is 11.8 Å². The third kappa shape index (κ3) is 7.68. The average Bonchev–Trinajstić information content (AvgIpc) is 3.30. The topological polar surface area (TPSA) is 124 Å². The molecular formula is C26H29N5O5S. The van der Waals surface area contributed by atoms with Crippen LogP contribution in [0.3, 0.4) is 0 Å². The van der Waals surface area contributed by atoms with Crippen molar-refractivity contribution in [2.75, 3.05) is 25.3 Å². The van der Waals surface area contributed by atoms with Crippen molar-refractivity contribution >= 4 is 35.2 Å². The molecule has 1 heterocycles. The number of aromatic nitrogens is 3. The molecule has 0 spiro atoms. The Balaban J connectivity index is 1.58. The van der Waals surface area contributed by atoms with Crippen molar-refractivity contribution < 1.29 is 23.9 Å². The molecule has 0 aliphatic carbocycles. The lowest BCUT2D eigenvalue weighted by atomic mass is 10.1. The van der Waals surface area contributed by atoms with Gasteiger partial charge in [-0.25, -0.2) is 4.79 Å². The quantitative estimate of drug-likeness (QED) is 0.210. The van der Waals surface area contributed by atoms with E-state index in [1.807, 2.05) is 35.8 Å². The molecule has 3 rings (SSSR count). The summed E-state index contributed by atoms with van der Waals surface area (Å²) in [5.41, 5.74) is 1.81. The fourth-order valence-corrected chi connectivity index (χ4v) is 4.20. The molecule has 1 aromatic heterocycles. The van der Waals surface area contributed by atoms with Crippen LogP contribution < -0.4 is 15.4 Å². The number of rotatable bonds is 12. The number of allylic oxidation sites excluding steroid dienone is 1. The number of carbonyl (C=O) groups excluding carboxylic acids is 3. The molecule has 10 nitrogen and oxygen atoms in total. The van der Waals surface area contributed by atoms with Gasteiger partial charge in [-0.2, -0.15) is 0 Å². The van der Waals surface area contributed by atoms with E-state index in [4.69, 9.17) is 4.74 Å². The number of benzene rings is 2. The summed E-state index contributed by atoms with van der Waals surface area (Å²) in [6.07, 6.45) is 1.91. The Bertz CT molecular complexity index is 1240. The molecule has 2 amide bonds. The smallest absolute Gasteiger partial charge is 0.337 e. The summed E-state index contributed by atoms with van der Waals surface area (Å²) in [4.78, 5) is 36.6. The Morgan fingerprint density at radius 3 is 2.38 bits per heavy atom. The summed E-state index contributed by atoms with van der Waals surface area (Å²) in [5, 5.41) is 14.7. The predicted molar refractivity (Wildman–Crippen MR) is 141 cm³/mol. The number of amides is 2. The van der Waals surface area contributed by atoms with Gasteiger partial charge < -0.3 is 24.7 Å². The van der Waals surface area contributed by atoms with E-state index in [1.54, 1.807) is 37.5 Å². The molecule has 0 saturated carbocycles. The minimum absolute atomic E-state index is 0.0895. The van der Waals surface area contributed by atoms with Gasteiger partial charge in [0.15, 0.2) is 11.0 Å². The van der Waals surface area contributed by atoms with Crippen molar-refractivity contribution in [1.29, 1.82) is 0 Å².